The van der Waals surface area contributed by atoms with Gasteiger partial charge < -0.3 is 14.9 Å². The third-order valence-corrected chi connectivity index (χ3v) is 11.0. The SMILES string of the molecule is C[C@H](CCCOC(=O)CCC(=O)O)[C@H]1CC[C@H]2[C@@H]3CC[C@@H]4C[C@@H](O)CC[C@]4(C)[C@H]3CC[C@]12C. The molecule has 0 radical (unpaired) electrons. The van der Waals surface area contributed by atoms with Crippen LogP contribution in [0.1, 0.15) is 104 Å². The second-order valence-corrected chi connectivity index (χ2v) is 12.5. The predicted octanol–water partition coefficient (Wildman–Crippen LogP) is 5.83. The smallest absolute Gasteiger partial charge is 0.306 e. The van der Waals surface area contributed by atoms with Crippen LogP contribution in [0.15, 0.2) is 0 Å². The number of ether oxygens (including phenoxy) is 1. The monoisotopic (exact) mass is 462 g/mol. The fourth-order valence-electron chi connectivity index (χ4n) is 9.28. The molecule has 5 heteroatoms. The van der Waals surface area contributed by atoms with E-state index in [1.807, 2.05) is 0 Å². The van der Waals surface area contributed by atoms with Crippen molar-refractivity contribution in [3.8, 4) is 0 Å². The van der Waals surface area contributed by atoms with E-state index in [-0.39, 0.29) is 18.9 Å². The van der Waals surface area contributed by atoms with Gasteiger partial charge in [0, 0.05) is 0 Å². The van der Waals surface area contributed by atoms with Crippen molar-refractivity contribution in [1.29, 1.82) is 0 Å². The van der Waals surface area contributed by atoms with Gasteiger partial charge in [-0.05, 0) is 117 Å². The van der Waals surface area contributed by atoms with Crippen molar-refractivity contribution < 1.29 is 24.5 Å². The van der Waals surface area contributed by atoms with Crippen molar-refractivity contribution in [2.75, 3.05) is 6.61 Å². The number of fused-ring (bicyclic) bond motifs is 5. The quantitative estimate of drug-likeness (QED) is 0.350. The van der Waals surface area contributed by atoms with E-state index in [2.05, 4.69) is 20.8 Å². The average molecular weight is 463 g/mol. The molecule has 0 unspecified atom stereocenters. The van der Waals surface area contributed by atoms with Gasteiger partial charge in [-0.25, -0.2) is 0 Å². The number of carboxylic acids is 1. The number of esters is 1. The molecule has 0 aliphatic heterocycles. The van der Waals surface area contributed by atoms with Crippen LogP contribution in [-0.4, -0.2) is 34.9 Å². The molecule has 2 N–H and O–H groups in total. The summed E-state index contributed by atoms with van der Waals surface area (Å²) in [6, 6.07) is 0. The molecule has 9 atom stereocenters. The topological polar surface area (TPSA) is 83.8 Å². The molecule has 5 nitrogen and oxygen atoms in total. The summed E-state index contributed by atoms with van der Waals surface area (Å²) in [5.74, 6) is 3.33. The molecule has 4 rings (SSSR count). The van der Waals surface area contributed by atoms with Gasteiger partial charge in [0.15, 0.2) is 0 Å². The molecule has 4 aliphatic rings. The number of aliphatic hydroxyl groups is 1. The summed E-state index contributed by atoms with van der Waals surface area (Å²) in [7, 11) is 0. The Kier molecular flexibility index (Phi) is 7.48. The highest BCUT2D eigenvalue weighted by Gasteiger charge is 2.60. The van der Waals surface area contributed by atoms with E-state index >= 15 is 0 Å². The number of hydrogen-bond acceptors (Lipinski definition) is 4. The number of rotatable bonds is 8. The summed E-state index contributed by atoms with van der Waals surface area (Å²) in [5, 5.41) is 18.9. The second kappa shape index (κ2) is 9.87. The molecule has 0 spiro atoms. The van der Waals surface area contributed by atoms with Crippen LogP contribution in [0, 0.1) is 46.3 Å². The third kappa shape index (κ3) is 4.86. The number of hydrogen-bond donors (Lipinski definition) is 2. The highest BCUT2D eigenvalue weighted by Crippen LogP contribution is 2.68. The Balaban J connectivity index is 1.31. The van der Waals surface area contributed by atoms with E-state index in [9.17, 15) is 14.7 Å². The highest BCUT2D eigenvalue weighted by atomic mass is 16.5. The van der Waals surface area contributed by atoms with Crippen LogP contribution in [0.25, 0.3) is 0 Å². The molecule has 33 heavy (non-hydrogen) atoms. The fraction of sp³-hybridized carbons (Fsp3) is 0.929. The van der Waals surface area contributed by atoms with Gasteiger partial charge in [-0.3, -0.25) is 9.59 Å². The molecule has 0 bridgehead atoms. The lowest BCUT2D eigenvalue weighted by atomic mass is 9.44. The zero-order valence-corrected chi connectivity index (χ0v) is 21.1. The Bertz CT molecular complexity index is 721. The van der Waals surface area contributed by atoms with Crippen LogP contribution >= 0.6 is 0 Å². The molecule has 0 amide bonds. The first-order valence-electron chi connectivity index (χ1n) is 13.7. The van der Waals surface area contributed by atoms with Gasteiger partial charge in [0.25, 0.3) is 0 Å². The number of carboxylic acid groups (broad SMARTS) is 1. The van der Waals surface area contributed by atoms with Gasteiger partial charge in [-0.15, -0.1) is 0 Å². The average Bonchev–Trinajstić information content (AvgIpc) is 3.13. The first kappa shape index (κ1) is 25.0. The van der Waals surface area contributed by atoms with Crippen LogP contribution in [0.5, 0.6) is 0 Å². The van der Waals surface area contributed by atoms with E-state index < -0.39 is 11.9 Å². The van der Waals surface area contributed by atoms with Crippen LogP contribution in [-0.2, 0) is 14.3 Å². The van der Waals surface area contributed by atoms with Crippen molar-refractivity contribution in [3.63, 3.8) is 0 Å². The first-order valence-corrected chi connectivity index (χ1v) is 13.7. The zero-order valence-electron chi connectivity index (χ0n) is 21.1. The molecule has 0 heterocycles. The van der Waals surface area contributed by atoms with Crippen molar-refractivity contribution in [3.05, 3.63) is 0 Å². The minimum Gasteiger partial charge on any atom is -0.481 e. The van der Waals surface area contributed by atoms with Crippen LogP contribution < -0.4 is 0 Å². The molecular weight excluding hydrogens is 416 g/mol. The van der Waals surface area contributed by atoms with E-state index in [4.69, 9.17) is 9.84 Å². The maximum atomic E-state index is 11.7. The molecular formula is C28H46O5. The molecule has 4 fully saturated rings. The lowest BCUT2D eigenvalue weighted by Gasteiger charge is -2.61. The Morgan fingerprint density at radius 1 is 0.970 bits per heavy atom. The minimum absolute atomic E-state index is 0.0332. The number of carbonyl (C=O) groups is 2. The maximum Gasteiger partial charge on any atom is 0.306 e. The molecule has 188 valence electrons. The standard InChI is InChI=1S/C28H46O5/c1-18(5-4-16-33-26(32)11-10-25(30)31)22-8-9-23-21-7-6-19-17-20(29)12-14-27(19,2)24(21)13-15-28(22,23)3/h18-24,29H,4-17H2,1-3H3,(H,30,31)/t18-,19-,20+,21+,22-,23+,24+,27+,28-/m1/s1. The van der Waals surface area contributed by atoms with Gasteiger partial charge in [-0.2, -0.15) is 0 Å². The van der Waals surface area contributed by atoms with E-state index in [0.29, 0.717) is 23.4 Å². The van der Waals surface area contributed by atoms with E-state index in [1.54, 1.807) is 0 Å². The summed E-state index contributed by atoms with van der Waals surface area (Å²) in [6.07, 6.45) is 13.0. The summed E-state index contributed by atoms with van der Waals surface area (Å²) in [4.78, 5) is 22.3. The molecule has 4 saturated carbocycles. The van der Waals surface area contributed by atoms with Crippen molar-refractivity contribution in [1.82, 2.24) is 0 Å². The number of carbonyl (C=O) groups excluding carboxylic acids is 1. The van der Waals surface area contributed by atoms with Gasteiger partial charge in [-0.1, -0.05) is 20.8 Å². The van der Waals surface area contributed by atoms with Gasteiger partial charge in [0.05, 0.1) is 25.6 Å². The molecule has 0 saturated heterocycles. The Hall–Kier alpha value is -1.10. The van der Waals surface area contributed by atoms with E-state index in [1.165, 1.54) is 44.9 Å². The van der Waals surface area contributed by atoms with E-state index in [0.717, 1.165) is 55.3 Å². The van der Waals surface area contributed by atoms with Crippen LogP contribution in [0.2, 0.25) is 0 Å². The van der Waals surface area contributed by atoms with Crippen molar-refractivity contribution in [2.45, 2.75) is 110 Å². The zero-order chi connectivity index (χ0) is 23.8. The number of aliphatic hydroxyl groups excluding tert-OH is 1. The highest BCUT2D eigenvalue weighted by molar-refractivity contribution is 5.76. The summed E-state index contributed by atoms with van der Waals surface area (Å²) in [5.41, 5.74) is 0.883. The normalized spacial score (nSPS) is 43.2. The van der Waals surface area contributed by atoms with Crippen molar-refractivity contribution >= 4 is 11.9 Å². The predicted molar refractivity (Wildman–Crippen MR) is 127 cm³/mol. The Labute approximate surface area is 200 Å². The summed E-state index contributed by atoms with van der Waals surface area (Å²) < 4.78 is 5.26. The fourth-order valence-corrected chi connectivity index (χ4v) is 9.28. The van der Waals surface area contributed by atoms with Gasteiger partial charge in [0.1, 0.15) is 0 Å². The summed E-state index contributed by atoms with van der Waals surface area (Å²) >= 11 is 0. The Morgan fingerprint density at radius 2 is 1.70 bits per heavy atom. The molecule has 0 aromatic heterocycles. The molecule has 0 aromatic carbocycles. The minimum atomic E-state index is -0.956. The molecule has 4 aliphatic carbocycles. The maximum absolute atomic E-state index is 11.7. The number of aliphatic carboxylic acids is 1. The second-order valence-electron chi connectivity index (χ2n) is 12.5. The van der Waals surface area contributed by atoms with Gasteiger partial charge >= 0.3 is 11.9 Å². The van der Waals surface area contributed by atoms with Crippen LogP contribution in [0.4, 0.5) is 0 Å². The molecule has 0 aromatic rings. The largest absolute Gasteiger partial charge is 0.481 e. The van der Waals surface area contributed by atoms with Crippen LogP contribution in [0.3, 0.4) is 0 Å². The lowest BCUT2D eigenvalue weighted by molar-refractivity contribution is -0.147. The summed E-state index contributed by atoms with van der Waals surface area (Å²) in [6.45, 7) is 7.96. The third-order valence-electron chi connectivity index (χ3n) is 11.0. The Morgan fingerprint density at radius 3 is 2.45 bits per heavy atom. The van der Waals surface area contributed by atoms with Crippen molar-refractivity contribution in [2.24, 2.45) is 46.3 Å². The first-order chi connectivity index (χ1) is 15.6. The van der Waals surface area contributed by atoms with Gasteiger partial charge in [0.2, 0.25) is 0 Å². The lowest BCUT2D eigenvalue weighted by Crippen LogP contribution is -2.54.